The zero-order chi connectivity index (χ0) is 27.0. The van der Waals surface area contributed by atoms with E-state index in [1.165, 1.54) is 16.2 Å². The van der Waals surface area contributed by atoms with E-state index in [1.807, 2.05) is 32.0 Å². The summed E-state index contributed by atoms with van der Waals surface area (Å²) in [7, 11) is 1.56. The van der Waals surface area contributed by atoms with Gasteiger partial charge in [-0.1, -0.05) is 42.2 Å². The molecule has 1 N–H and O–H groups in total. The van der Waals surface area contributed by atoms with E-state index in [0.717, 1.165) is 21.3 Å². The Hall–Kier alpha value is -4.43. The third-order valence-electron chi connectivity index (χ3n) is 6.42. The lowest BCUT2D eigenvalue weighted by molar-refractivity contribution is -0.132. The quantitative estimate of drug-likeness (QED) is 0.135. The van der Waals surface area contributed by atoms with Crippen LogP contribution in [0.25, 0.3) is 16.0 Å². The Bertz CT molecular complexity index is 1600. The minimum absolute atomic E-state index is 0.00485. The van der Waals surface area contributed by atoms with Gasteiger partial charge in [0.1, 0.15) is 23.9 Å². The average Bonchev–Trinajstić information content (AvgIpc) is 3.44. The van der Waals surface area contributed by atoms with Gasteiger partial charge in [0.25, 0.3) is 5.78 Å². The topological polar surface area (TPSA) is 89.0 Å². The number of anilines is 1. The van der Waals surface area contributed by atoms with E-state index in [-0.39, 0.29) is 11.3 Å². The molecule has 0 spiro atoms. The molecule has 1 aliphatic heterocycles. The van der Waals surface area contributed by atoms with E-state index in [1.54, 1.807) is 55.7 Å². The Morgan fingerprint density at radius 2 is 1.87 bits per heavy atom. The number of fused-ring (bicyclic) bond motifs is 1. The van der Waals surface area contributed by atoms with Gasteiger partial charge in [0.15, 0.2) is 5.13 Å². The van der Waals surface area contributed by atoms with Gasteiger partial charge in [-0.3, -0.25) is 14.5 Å². The van der Waals surface area contributed by atoms with E-state index < -0.39 is 17.7 Å². The highest BCUT2D eigenvalue weighted by molar-refractivity contribution is 7.22. The van der Waals surface area contributed by atoms with E-state index in [4.69, 9.17) is 9.47 Å². The van der Waals surface area contributed by atoms with Crippen molar-refractivity contribution in [2.45, 2.75) is 19.9 Å². The third kappa shape index (κ3) is 4.43. The monoisotopic (exact) mass is 526 g/mol. The third-order valence-corrected chi connectivity index (χ3v) is 7.43. The fourth-order valence-corrected chi connectivity index (χ4v) is 5.64. The van der Waals surface area contributed by atoms with E-state index in [9.17, 15) is 14.7 Å². The molecule has 1 saturated heterocycles. The molecule has 1 fully saturated rings. The minimum Gasteiger partial charge on any atom is -0.507 e. The molecule has 5 rings (SSSR count). The van der Waals surface area contributed by atoms with Crippen LogP contribution in [0.1, 0.15) is 28.3 Å². The summed E-state index contributed by atoms with van der Waals surface area (Å²) in [6.45, 7) is 7.84. The number of thiazole rings is 1. The lowest BCUT2D eigenvalue weighted by Crippen LogP contribution is -2.29. The molecule has 3 aromatic carbocycles. The Morgan fingerprint density at radius 3 is 2.55 bits per heavy atom. The van der Waals surface area contributed by atoms with Crippen molar-refractivity contribution >= 4 is 44.1 Å². The Labute approximate surface area is 224 Å². The molecule has 1 atom stereocenters. The minimum atomic E-state index is -0.882. The van der Waals surface area contributed by atoms with E-state index >= 15 is 0 Å². The first-order valence-corrected chi connectivity index (χ1v) is 12.8. The van der Waals surface area contributed by atoms with Gasteiger partial charge in [0.2, 0.25) is 0 Å². The molecule has 4 aromatic rings. The summed E-state index contributed by atoms with van der Waals surface area (Å²) < 4.78 is 11.8. The summed E-state index contributed by atoms with van der Waals surface area (Å²) in [5, 5.41) is 11.8. The summed E-state index contributed by atoms with van der Waals surface area (Å²) in [4.78, 5) is 33.0. The molecule has 7 nitrogen and oxygen atoms in total. The highest BCUT2D eigenvalue weighted by Crippen LogP contribution is 2.44. The van der Waals surface area contributed by atoms with Crippen molar-refractivity contribution in [3.63, 3.8) is 0 Å². The van der Waals surface area contributed by atoms with Crippen LogP contribution in [0.3, 0.4) is 0 Å². The van der Waals surface area contributed by atoms with Crippen LogP contribution in [0.15, 0.2) is 78.9 Å². The smallest absolute Gasteiger partial charge is 0.301 e. The summed E-state index contributed by atoms with van der Waals surface area (Å²) in [5.41, 5.74) is 3.63. The zero-order valence-corrected chi connectivity index (χ0v) is 22.0. The number of Topliss-reactive ketones (excluding diaryl/α,β-unsaturated/α-hetero) is 1. The number of hydrogen-bond donors (Lipinski definition) is 1. The SMILES string of the molecule is C=CCOc1ccc(C2C(=C(O)c3ccc(OC)c(C)c3)C(=O)C(=O)N2c2nc3ccc(C)cc3s2)cc1. The first kappa shape index (κ1) is 25.2. The first-order chi connectivity index (χ1) is 18.3. The molecule has 0 saturated carbocycles. The van der Waals surface area contributed by atoms with Crippen LogP contribution in [0, 0.1) is 13.8 Å². The molecule has 0 aliphatic carbocycles. The molecule has 0 bridgehead atoms. The van der Waals surface area contributed by atoms with Gasteiger partial charge < -0.3 is 14.6 Å². The molecule has 0 radical (unpaired) electrons. The second kappa shape index (κ2) is 10.1. The summed E-state index contributed by atoms with van der Waals surface area (Å²) >= 11 is 1.33. The van der Waals surface area contributed by atoms with Crippen molar-refractivity contribution in [3.8, 4) is 11.5 Å². The van der Waals surface area contributed by atoms with Crippen molar-refractivity contribution in [1.82, 2.24) is 4.98 Å². The Balaban J connectivity index is 1.68. The summed E-state index contributed by atoms with van der Waals surface area (Å²) in [5.74, 6) is -0.510. The highest BCUT2D eigenvalue weighted by atomic mass is 32.1. The fourth-order valence-electron chi connectivity index (χ4n) is 4.55. The van der Waals surface area contributed by atoms with Crippen LogP contribution < -0.4 is 14.4 Å². The number of carbonyl (C=O) groups excluding carboxylic acids is 2. The van der Waals surface area contributed by atoms with Gasteiger partial charge in [-0.05, 0) is 73.0 Å². The van der Waals surface area contributed by atoms with Crippen molar-refractivity contribution in [3.05, 3.63) is 101 Å². The maximum Gasteiger partial charge on any atom is 0.301 e. The standard InChI is InChI=1S/C30H26N2O5S/c1-5-14-37-21-10-7-19(8-11-21)26-25(27(33)20-9-13-23(36-4)18(3)16-20)28(34)29(35)32(26)30-31-22-12-6-17(2)15-24(22)38-30/h5-13,15-16,26,33H,1,14H2,2-4H3. The summed E-state index contributed by atoms with van der Waals surface area (Å²) in [6.07, 6.45) is 1.65. The number of hydrogen-bond acceptors (Lipinski definition) is 7. The molecule has 8 heteroatoms. The van der Waals surface area contributed by atoms with Crippen LogP contribution in [-0.4, -0.2) is 35.5 Å². The van der Waals surface area contributed by atoms with Crippen molar-refractivity contribution in [2.24, 2.45) is 0 Å². The molecule has 1 amide bonds. The van der Waals surface area contributed by atoms with Crippen molar-refractivity contribution in [1.29, 1.82) is 0 Å². The van der Waals surface area contributed by atoms with Gasteiger partial charge in [-0.2, -0.15) is 0 Å². The molecule has 192 valence electrons. The normalized spacial score (nSPS) is 16.7. The summed E-state index contributed by atoms with van der Waals surface area (Å²) in [6, 6.07) is 17.2. The molecule has 1 unspecified atom stereocenters. The number of amides is 1. The number of ketones is 1. The second-order valence-corrected chi connectivity index (χ2v) is 10.00. The van der Waals surface area contributed by atoms with Crippen LogP contribution in [0.2, 0.25) is 0 Å². The number of carbonyl (C=O) groups is 2. The highest BCUT2D eigenvalue weighted by Gasteiger charge is 2.48. The molecular formula is C30H26N2O5S. The predicted octanol–water partition coefficient (Wildman–Crippen LogP) is 6.11. The van der Waals surface area contributed by atoms with Gasteiger partial charge >= 0.3 is 5.91 Å². The number of aliphatic hydroxyl groups is 1. The van der Waals surface area contributed by atoms with Gasteiger partial charge in [0.05, 0.1) is 28.9 Å². The maximum absolute atomic E-state index is 13.5. The number of nitrogens with zero attached hydrogens (tertiary/aromatic N) is 2. The van der Waals surface area contributed by atoms with Crippen LogP contribution in [0.5, 0.6) is 11.5 Å². The number of methoxy groups -OCH3 is 1. The van der Waals surface area contributed by atoms with Crippen LogP contribution in [-0.2, 0) is 9.59 Å². The van der Waals surface area contributed by atoms with Crippen molar-refractivity contribution in [2.75, 3.05) is 18.6 Å². The fraction of sp³-hybridized carbons (Fsp3) is 0.167. The average molecular weight is 527 g/mol. The zero-order valence-electron chi connectivity index (χ0n) is 21.2. The number of aromatic nitrogens is 1. The number of ether oxygens (including phenoxy) is 2. The molecule has 1 aliphatic rings. The van der Waals surface area contributed by atoms with Crippen LogP contribution in [0.4, 0.5) is 5.13 Å². The largest absolute Gasteiger partial charge is 0.507 e. The van der Waals surface area contributed by atoms with E-state index in [0.29, 0.717) is 34.4 Å². The van der Waals surface area contributed by atoms with E-state index in [2.05, 4.69) is 11.6 Å². The maximum atomic E-state index is 13.5. The van der Waals surface area contributed by atoms with Gasteiger partial charge in [0, 0.05) is 5.56 Å². The first-order valence-electron chi connectivity index (χ1n) is 12.0. The Morgan fingerprint density at radius 1 is 1.11 bits per heavy atom. The van der Waals surface area contributed by atoms with Crippen molar-refractivity contribution < 1.29 is 24.2 Å². The number of rotatable bonds is 7. The molecule has 2 heterocycles. The number of aryl methyl sites for hydroxylation is 2. The predicted molar refractivity (Wildman–Crippen MR) is 149 cm³/mol. The second-order valence-electron chi connectivity index (χ2n) is 8.99. The lowest BCUT2D eigenvalue weighted by Gasteiger charge is -2.23. The molecule has 38 heavy (non-hydrogen) atoms. The van der Waals surface area contributed by atoms with Gasteiger partial charge in [-0.25, -0.2) is 4.98 Å². The van der Waals surface area contributed by atoms with Gasteiger partial charge in [-0.15, -0.1) is 0 Å². The van der Waals surface area contributed by atoms with Crippen LogP contribution >= 0.6 is 11.3 Å². The number of benzene rings is 3. The number of aliphatic hydroxyl groups excluding tert-OH is 1. The lowest BCUT2D eigenvalue weighted by atomic mass is 9.95. The molecular weight excluding hydrogens is 500 g/mol. The Kier molecular flexibility index (Phi) is 6.73. The molecule has 1 aromatic heterocycles.